The highest BCUT2D eigenvalue weighted by Gasteiger charge is 2.12. The Bertz CT molecular complexity index is 1260. The summed E-state index contributed by atoms with van der Waals surface area (Å²) in [5.41, 5.74) is 3.48. The number of aryl methyl sites for hydroxylation is 1. The number of amides is 1. The van der Waals surface area contributed by atoms with Crippen molar-refractivity contribution in [3.63, 3.8) is 0 Å². The van der Waals surface area contributed by atoms with Gasteiger partial charge in [0.25, 0.3) is 5.56 Å². The van der Waals surface area contributed by atoms with Crippen molar-refractivity contribution in [2.45, 2.75) is 32.7 Å². The lowest BCUT2D eigenvalue weighted by Crippen LogP contribution is -2.30. The normalized spacial score (nSPS) is 11.0. The first-order valence-corrected chi connectivity index (χ1v) is 10.9. The van der Waals surface area contributed by atoms with Crippen LogP contribution >= 0.6 is 15.9 Å². The number of carbonyl (C=O) groups is 1. The second kappa shape index (κ2) is 9.26. The summed E-state index contributed by atoms with van der Waals surface area (Å²) in [7, 11) is 0. The molecule has 0 bridgehead atoms. The Balaban J connectivity index is 1.49. The number of unbranched alkanes of at least 4 members (excludes halogenated alkanes) is 1. The summed E-state index contributed by atoms with van der Waals surface area (Å²) in [6.07, 6.45) is 4.75. The summed E-state index contributed by atoms with van der Waals surface area (Å²) in [6, 6.07) is 17.1. The van der Waals surface area contributed by atoms with E-state index in [1.54, 1.807) is 6.07 Å². The number of aromatic nitrogens is 4. The third-order valence-electron chi connectivity index (χ3n) is 4.98. The number of hydrogen-bond acceptors (Lipinski definition) is 4. The molecule has 0 saturated carbocycles. The number of carbonyl (C=O) groups excluding carboxylic acids is 1. The Labute approximate surface area is 187 Å². The van der Waals surface area contributed by atoms with Gasteiger partial charge in [0.1, 0.15) is 18.4 Å². The van der Waals surface area contributed by atoms with Gasteiger partial charge in [-0.1, -0.05) is 53.5 Å². The summed E-state index contributed by atoms with van der Waals surface area (Å²) >= 11 is 3.41. The molecule has 0 saturated heterocycles. The molecule has 0 atom stereocenters. The van der Waals surface area contributed by atoms with Crippen LogP contribution in [0.1, 0.15) is 25.3 Å². The topological polar surface area (TPSA) is 81.3 Å². The molecule has 2 heterocycles. The molecule has 4 rings (SSSR count). The maximum Gasteiger partial charge on any atom is 0.293 e. The molecule has 31 heavy (non-hydrogen) atoms. The first kappa shape index (κ1) is 21.0. The highest BCUT2D eigenvalue weighted by atomic mass is 79.9. The maximum atomic E-state index is 12.8. The van der Waals surface area contributed by atoms with Gasteiger partial charge in [-0.05, 0) is 48.7 Å². The van der Waals surface area contributed by atoms with Crippen LogP contribution in [0.4, 0.5) is 5.69 Å². The Morgan fingerprint density at radius 3 is 2.55 bits per heavy atom. The molecule has 2 aromatic heterocycles. The smallest absolute Gasteiger partial charge is 0.293 e. The number of rotatable bonds is 7. The van der Waals surface area contributed by atoms with Gasteiger partial charge in [0.2, 0.25) is 5.91 Å². The molecule has 2 aromatic carbocycles. The molecule has 4 aromatic rings. The molecule has 0 aliphatic rings. The molecule has 0 radical (unpaired) electrons. The number of hydrogen-bond donors (Lipinski definition) is 1. The Morgan fingerprint density at radius 1 is 1.10 bits per heavy atom. The van der Waals surface area contributed by atoms with Gasteiger partial charge in [-0.3, -0.25) is 9.59 Å². The molecule has 158 valence electrons. The number of fused-ring (bicyclic) bond motifs is 1. The zero-order valence-electron chi connectivity index (χ0n) is 17.1. The van der Waals surface area contributed by atoms with Gasteiger partial charge in [0.05, 0.1) is 5.69 Å². The fourth-order valence-electron chi connectivity index (χ4n) is 3.28. The zero-order valence-corrected chi connectivity index (χ0v) is 18.7. The summed E-state index contributed by atoms with van der Waals surface area (Å²) in [4.78, 5) is 25.3. The van der Waals surface area contributed by atoms with E-state index in [0.29, 0.717) is 16.9 Å². The molecule has 8 heteroatoms. The summed E-state index contributed by atoms with van der Waals surface area (Å²) in [5.74, 6) is -0.312. The van der Waals surface area contributed by atoms with Gasteiger partial charge < -0.3 is 5.32 Å². The van der Waals surface area contributed by atoms with Crippen LogP contribution in [0.25, 0.3) is 16.8 Å². The SMILES string of the molecule is CCCCc1ccc(NC(=O)Cn2ncn3nc(-c4ccc(Br)cc4)cc3c2=O)cc1. The Morgan fingerprint density at radius 2 is 1.84 bits per heavy atom. The molecule has 0 aliphatic carbocycles. The van der Waals surface area contributed by atoms with Crippen molar-refractivity contribution in [1.82, 2.24) is 19.4 Å². The van der Waals surface area contributed by atoms with Crippen molar-refractivity contribution in [2.75, 3.05) is 5.32 Å². The lowest BCUT2D eigenvalue weighted by atomic mass is 10.1. The fourth-order valence-corrected chi connectivity index (χ4v) is 3.55. The quantitative estimate of drug-likeness (QED) is 0.428. The third kappa shape index (κ3) is 4.91. The molecule has 0 unspecified atom stereocenters. The van der Waals surface area contributed by atoms with E-state index in [4.69, 9.17) is 0 Å². The van der Waals surface area contributed by atoms with Crippen LogP contribution in [0, 0.1) is 0 Å². The minimum absolute atomic E-state index is 0.175. The minimum Gasteiger partial charge on any atom is -0.324 e. The number of halogens is 1. The van der Waals surface area contributed by atoms with Crippen molar-refractivity contribution in [2.24, 2.45) is 0 Å². The van der Waals surface area contributed by atoms with Gasteiger partial charge in [0.15, 0.2) is 0 Å². The first-order chi connectivity index (χ1) is 15.0. The number of nitrogens with one attached hydrogen (secondary N) is 1. The second-order valence-electron chi connectivity index (χ2n) is 7.31. The second-order valence-corrected chi connectivity index (χ2v) is 8.22. The highest BCUT2D eigenvalue weighted by molar-refractivity contribution is 9.10. The largest absolute Gasteiger partial charge is 0.324 e. The van der Waals surface area contributed by atoms with Crippen LogP contribution < -0.4 is 10.9 Å². The van der Waals surface area contributed by atoms with E-state index in [-0.39, 0.29) is 18.0 Å². The predicted molar refractivity (Wildman–Crippen MR) is 124 cm³/mol. The molecule has 0 fully saturated rings. The molecule has 1 N–H and O–H groups in total. The van der Waals surface area contributed by atoms with Crippen molar-refractivity contribution in [3.05, 3.63) is 81.3 Å². The molecule has 7 nitrogen and oxygen atoms in total. The molecular weight excluding hydrogens is 458 g/mol. The zero-order chi connectivity index (χ0) is 21.8. The van der Waals surface area contributed by atoms with Gasteiger partial charge in [-0.15, -0.1) is 0 Å². The Hall–Kier alpha value is -3.26. The molecule has 0 aliphatic heterocycles. The summed E-state index contributed by atoms with van der Waals surface area (Å²) < 4.78 is 3.54. The van der Waals surface area contributed by atoms with Crippen LogP contribution in [0.15, 0.2) is 70.2 Å². The predicted octanol–water partition coefficient (Wildman–Crippen LogP) is 4.30. The van der Waals surface area contributed by atoms with Crippen molar-refractivity contribution in [3.8, 4) is 11.3 Å². The van der Waals surface area contributed by atoms with E-state index in [2.05, 4.69) is 38.4 Å². The summed E-state index contributed by atoms with van der Waals surface area (Å²) in [6.45, 7) is 1.99. The summed E-state index contributed by atoms with van der Waals surface area (Å²) in [5, 5.41) is 11.3. The Kier molecular flexibility index (Phi) is 6.27. The molecular formula is C23H22BrN5O2. The first-order valence-electron chi connectivity index (χ1n) is 10.1. The van der Waals surface area contributed by atoms with E-state index in [1.807, 2.05) is 48.5 Å². The van der Waals surface area contributed by atoms with E-state index in [1.165, 1.54) is 16.4 Å². The van der Waals surface area contributed by atoms with Gasteiger partial charge in [-0.2, -0.15) is 10.2 Å². The van der Waals surface area contributed by atoms with Crippen LogP contribution in [-0.4, -0.2) is 25.3 Å². The van der Waals surface area contributed by atoms with Crippen LogP contribution in [0.5, 0.6) is 0 Å². The van der Waals surface area contributed by atoms with Gasteiger partial charge in [0, 0.05) is 15.7 Å². The van der Waals surface area contributed by atoms with E-state index in [0.717, 1.165) is 34.0 Å². The van der Waals surface area contributed by atoms with Crippen LogP contribution in [0.2, 0.25) is 0 Å². The molecule has 0 spiro atoms. The van der Waals surface area contributed by atoms with Crippen LogP contribution in [0.3, 0.4) is 0 Å². The fraction of sp³-hybridized carbons (Fsp3) is 0.217. The lowest BCUT2D eigenvalue weighted by molar-refractivity contribution is -0.117. The number of nitrogens with zero attached hydrogens (tertiary/aromatic N) is 4. The number of benzene rings is 2. The monoisotopic (exact) mass is 479 g/mol. The molecule has 1 amide bonds. The lowest BCUT2D eigenvalue weighted by Gasteiger charge is -2.08. The van der Waals surface area contributed by atoms with E-state index >= 15 is 0 Å². The van der Waals surface area contributed by atoms with Crippen LogP contribution in [-0.2, 0) is 17.8 Å². The maximum absolute atomic E-state index is 12.8. The van der Waals surface area contributed by atoms with E-state index < -0.39 is 0 Å². The highest BCUT2D eigenvalue weighted by Crippen LogP contribution is 2.21. The number of anilines is 1. The van der Waals surface area contributed by atoms with Crippen molar-refractivity contribution in [1.29, 1.82) is 0 Å². The van der Waals surface area contributed by atoms with E-state index in [9.17, 15) is 9.59 Å². The van der Waals surface area contributed by atoms with Gasteiger partial charge in [-0.25, -0.2) is 9.20 Å². The standard InChI is InChI=1S/C23H22BrN5O2/c1-2-3-4-16-5-11-19(12-6-16)26-22(30)14-28-23(31)21-13-20(27-29(21)15-25-28)17-7-9-18(24)10-8-17/h5-13,15H,2-4,14H2,1H3,(H,26,30). The van der Waals surface area contributed by atoms with Crippen molar-refractivity contribution >= 4 is 33.0 Å². The third-order valence-corrected chi connectivity index (χ3v) is 5.51. The average Bonchev–Trinajstić information content (AvgIpc) is 3.21. The van der Waals surface area contributed by atoms with Crippen molar-refractivity contribution < 1.29 is 4.79 Å². The minimum atomic E-state index is -0.372. The average molecular weight is 480 g/mol. The van der Waals surface area contributed by atoms with Gasteiger partial charge >= 0.3 is 0 Å².